The number of benzene rings is 1. The minimum absolute atomic E-state index is 0.124. The highest BCUT2D eigenvalue weighted by Gasteiger charge is 2.49. The normalized spacial score (nSPS) is 24.6. The molecule has 1 aromatic carbocycles. The largest absolute Gasteiger partial charge is 0.550 e. The molecule has 0 aromatic heterocycles. The maximum absolute atomic E-state index is 12.8. The van der Waals surface area contributed by atoms with Crippen molar-refractivity contribution in [2.75, 3.05) is 13.1 Å². The van der Waals surface area contributed by atoms with Crippen LogP contribution in [0.2, 0.25) is 0 Å². The first-order valence-corrected chi connectivity index (χ1v) is 5.92. The lowest BCUT2D eigenvalue weighted by molar-refractivity contribution is -0.316. The summed E-state index contributed by atoms with van der Waals surface area (Å²) in [6.07, 6.45) is -4.50. The highest BCUT2D eigenvalue weighted by atomic mass is 19.4. The molecule has 0 N–H and O–H groups in total. The Morgan fingerprint density at radius 2 is 1.89 bits per heavy atom. The molecule has 1 heterocycles. The van der Waals surface area contributed by atoms with Crippen LogP contribution in [0.3, 0.4) is 0 Å². The molecular formula is C13H13F3NO2-. The van der Waals surface area contributed by atoms with Gasteiger partial charge in [-0.05, 0) is 5.56 Å². The minimum Gasteiger partial charge on any atom is -0.550 e. The first-order valence-electron chi connectivity index (χ1n) is 5.92. The number of carbonyl (C=O) groups excluding carboxylic acids is 1. The van der Waals surface area contributed by atoms with Gasteiger partial charge in [0.2, 0.25) is 0 Å². The van der Waals surface area contributed by atoms with E-state index in [1.165, 1.54) is 4.90 Å². The van der Waals surface area contributed by atoms with Gasteiger partial charge in [0.1, 0.15) is 0 Å². The molecule has 0 bridgehead atoms. The van der Waals surface area contributed by atoms with Crippen molar-refractivity contribution in [1.29, 1.82) is 0 Å². The number of carboxylic acid groups (broad SMARTS) is 1. The van der Waals surface area contributed by atoms with Gasteiger partial charge in [-0.1, -0.05) is 30.3 Å². The number of carbonyl (C=O) groups is 1. The van der Waals surface area contributed by atoms with E-state index in [4.69, 9.17) is 0 Å². The number of likely N-dealkylation sites (tertiary alicyclic amines) is 1. The Morgan fingerprint density at radius 1 is 1.26 bits per heavy atom. The second-order valence-electron chi connectivity index (χ2n) is 4.75. The first kappa shape index (κ1) is 13.9. The van der Waals surface area contributed by atoms with Gasteiger partial charge in [0.15, 0.2) is 0 Å². The van der Waals surface area contributed by atoms with Crippen LogP contribution in [-0.4, -0.2) is 30.1 Å². The Hall–Kier alpha value is -1.56. The predicted octanol–water partition coefficient (Wildman–Crippen LogP) is 1.05. The van der Waals surface area contributed by atoms with Crippen LogP contribution >= 0.6 is 0 Å². The van der Waals surface area contributed by atoms with Crippen molar-refractivity contribution in [3.05, 3.63) is 35.9 Å². The molecule has 1 fully saturated rings. The maximum atomic E-state index is 12.8. The molecule has 0 unspecified atom stereocenters. The van der Waals surface area contributed by atoms with E-state index in [0.29, 0.717) is 6.54 Å². The van der Waals surface area contributed by atoms with Crippen LogP contribution in [0.4, 0.5) is 13.2 Å². The number of aliphatic carboxylic acids is 1. The van der Waals surface area contributed by atoms with Crippen molar-refractivity contribution in [2.45, 2.75) is 12.7 Å². The standard InChI is InChI=1S/C13H14F3NO2/c14-13(15,16)11-8-17(7-10(11)12(18)19)6-9-4-2-1-3-5-9/h1-5,10-11H,6-8H2,(H,18,19)/p-1/t10-,11-/m0/s1. The second kappa shape index (κ2) is 5.21. The Bertz CT molecular complexity index is 447. The zero-order chi connectivity index (χ0) is 14.0. The van der Waals surface area contributed by atoms with Gasteiger partial charge in [-0.25, -0.2) is 0 Å². The van der Waals surface area contributed by atoms with Crippen LogP contribution < -0.4 is 5.11 Å². The Morgan fingerprint density at radius 3 is 2.37 bits per heavy atom. The van der Waals surface area contributed by atoms with E-state index < -0.39 is 24.0 Å². The quantitative estimate of drug-likeness (QED) is 0.826. The summed E-state index contributed by atoms with van der Waals surface area (Å²) < 4.78 is 38.3. The highest BCUT2D eigenvalue weighted by molar-refractivity contribution is 5.69. The molecule has 3 nitrogen and oxygen atoms in total. The predicted molar refractivity (Wildman–Crippen MR) is 59.8 cm³/mol. The van der Waals surface area contributed by atoms with Crippen LogP contribution in [0.5, 0.6) is 0 Å². The van der Waals surface area contributed by atoms with Gasteiger partial charge in [-0.3, -0.25) is 4.90 Å². The molecule has 104 valence electrons. The fourth-order valence-corrected chi connectivity index (χ4v) is 2.43. The van der Waals surface area contributed by atoms with Crippen LogP contribution in [0.1, 0.15) is 5.56 Å². The Kier molecular flexibility index (Phi) is 3.80. The lowest BCUT2D eigenvalue weighted by atomic mass is 9.96. The molecule has 0 saturated carbocycles. The number of halogens is 3. The monoisotopic (exact) mass is 272 g/mol. The van der Waals surface area contributed by atoms with E-state index in [1.54, 1.807) is 24.3 Å². The third-order valence-corrected chi connectivity index (χ3v) is 3.37. The number of alkyl halides is 3. The van der Waals surface area contributed by atoms with E-state index >= 15 is 0 Å². The summed E-state index contributed by atoms with van der Waals surface area (Å²) in [7, 11) is 0. The summed E-state index contributed by atoms with van der Waals surface area (Å²) in [5, 5.41) is 10.8. The number of rotatable bonds is 3. The van der Waals surface area contributed by atoms with Crippen LogP contribution in [0.25, 0.3) is 0 Å². The maximum Gasteiger partial charge on any atom is 0.393 e. The number of hydrogen-bond acceptors (Lipinski definition) is 3. The average molecular weight is 272 g/mol. The number of nitrogens with zero attached hydrogens (tertiary/aromatic N) is 1. The van der Waals surface area contributed by atoms with E-state index in [2.05, 4.69) is 0 Å². The van der Waals surface area contributed by atoms with Gasteiger partial charge in [-0.15, -0.1) is 0 Å². The summed E-state index contributed by atoms with van der Waals surface area (Å²) in [4.78, 5) is 12.3. The third kappa shape index (κ3) is 3.26. The van der Waals surface area contributed by atoms with Crippen LogP contribution in [-0.2, 0) is 11.3 Å². The summed E-state index contributed by atoms with van der Waals surface area (Å²) in [6.45, 7) is -0.102. The van der Waals surface area contributed by atoms with Gasteiger partial charge in [0.05, 0.1) is 5.92 Å². The summed E-state index contributed by atoms with van der Waals surface area (Å²) in [5.74, 6) is -4.96. The molecular weight excluding hydrogens is 259 g/mol. The van der Waals surface area contributed by atoms with Gasteiger partial charge in [0, 0.05) is 31.5 Å². The lowest BCUT2D eigenvalue weighted by Crippen LogP contribution is -2.41. The molecule has 0 radical (unpaired) electrons. The molecule has 19 heavy (non-hydrogen) atoms. The van der Waals surface area contributed by atoms with E-state index in [1.807, 2.05) is 6.07 Å². The highest BCUT2D eigenvalue weighted by Crippen LogP contribution is 2.37. The van der Waals surface area contributed by atoms with E-state index in [0.717, 1.165) is 5.56 Å². The Balaban J connectivity index is 2.08. The molecule has 1 saturated heterocycles. The Labute approximate surface area is 108 Å². The van der Waals surface area contributed by atoms with Crippen molar-refractivity contribution >= 4 is 5.97 Å². The first-order chi connectivity index (χ1) is 8.88. The molecule has 0 spiro atoms. The van der Waals surface area contributed by atoms with Crippen LogP contribution in [0.15, 0.2) is 30.3 Å². The van der Waals surface area contributed by atoms with Gasteiger partial charge in [0.25, 0.3) is 0 Å². The topological polar surface area (TPSA) is 43.4 Å². The molecule has 2 rings (SSSR count). The van der Waals surface area contributed by atoms with Crippen molar-refractivity contribution in [3.63, 3.8) is 0 Å². The zero-order valence-electron chi connectivity index (χ0n) is 10.1. The molecule has 0 aliphatic carbocycles. The second-order valence-corrected chi connectivity index (χ2v) is 4.75. The molecule has 1 aliphatic rings. The lowest BCUT2D eigenvalue weighted by Gasteiger charge is -2.21. The van der Waals surface area contributed by atoms with Crippen molar-refractivity contribution in [3.8, 4) is 0 Å². The van der Waals surface area contributed by atoms with Gasteiger partial charge >= 0.3 is 6.18 Å². The SMILES string of the molecule is O=C([O-])[C@H]1CN(Cc2ccccc2)C[C@@H]1C(F)(F)F. The average Bonchev–Trinajstić information content (AvgIpc) is 2.74. The fourth-order valence-electron chi connectivity index (χ4n) is 2.43. The van der Waals surface area contributed by atoms with E-state index in [-0.39, 0.29) is 13.1 Å². The molecule has 2 atom stereocenters. The summed E-state index contributed by atoms with van der Waals surface area (Å²) in [6, 6.07) is 9.01. The molecule has 1 aliphatic heterocycles. The summed E-state index contributed by atoms with van der Waals surface area (Å²) >= 11 is 0. The van der Waals surface area contributed by atoms with Crippen LogP contribution in [0, 0.1) is 11.8 Å². The third-order valence-electron chi connectivity index (χ3n) is 3.37. The van der Waals surface area contributed by atoms with Crippen molar-refractivity contribution in [1.82, 2.24) is 4.90 Å². The molecule has 6 heteroatoms. The van der Waals surface area contributed by atoms with Crippen molar-refractivity contribution < 1.29 is 23.1 Å². The summed E-state index contributed by atoms with van der Waals surface area (Å²) in [5.41, 5.74) is 0.863. The van der Waals surface area contributed by atoms with Gasteiger partial charge < -0.3 is 9.90 Å². The van der Waals surface area contributed by atoms with Crippen molar-refractivity contribution in [2.24, 2.45) is 11.8 Å². The minimum atomic E-state index is -4.50. The zero-order valence-corrected chi connectivity index (χ0v) is 10.1. The van der Waals surface area contributed by atoms with Gasteiger partial charge in [-0.2, -0.15) is 13.2 Å². The van der Waals surface area contributed by atoms with E-state index in [9.17, 15) is 23.1 Å². The molecule has 0 amide bonds. The number of hydrogen-bond donors (Lipinski definition) is 0. The fraction of sp³-hybridized carbons (Fsp3) is 0.462. The number of carboxylic acids is 1. The molecule has 1 aromatic rings. The smallest absolute Gasteiger partial charge is 0.393 e.